The van der Waals surface area contributed by atoms with Crippen LogP contribution in [0.15, 0.2) is 48.5 Å². The summed E-state index contributed by atoms with van der Waals surface area (Å²) in [6.45, 7) is 3.75. The summed E-state index contributed by atoms with van der Waals surface area (Å²) in [4.78, 5) is 33.5. The van der Waals surface area contributed by atoms with Crippen molar-refractivity contribution in [2.75, 3.05) is 22.1 Å². The molecule has 0 fully saturated rings. The zero-order valence-electron chi connectivity index (χ0n) is 17.9. The van der Waals surface area contributed by atoms with Crippen molar-refractivity contribution in [1.29, 1.82) is 0 Å². The van der Waals surface area contributed by atoms with Crippen molar-refractivity contribution in [3.63, 3.8) is 0 Å². The van der Waals surface area contributed by atoms with Gasteiger partial charge in [0.05, 0.1) is 11.0 Å². The van der Waals surface area contributed by atoms with Gasteiger partial charge in [-0.15, -0.1) is 0 Å². The maximum absolute atomic E-state index is 12.3. The van der Waals surface area contributed by atoms with Gasteiger partial charge in [0.15, 0.2) is 0 Å². The number of nitrogens with one attached hydrogen (secondary N) is 2. The molecule has 4 aromatic rings. The van der Waals surface area contributed by atoms with Crippen LogP contribution in [0.1, 0.15) is 24.2 Å². The van der Waals surface area contributed by atoms with E-state index in [0.717, 1.165) is 33.2 Å². The highest BCUT2D eigenvalue weighted by Crippen LogP contribution is 2.25. The standard InChI is InChI=1S/C24H24N6O2/c1-13-9-19(25)17-11-15(3-5-21(17)27-13)29-23(31)7-8-24(32)30-16-4-6-22-18(12-16)20(26)10-14(2)28-22/h3-6,9-12H,7-8H2,1-2H3,(H2,25,27)(H2,26,28)(H,29,31)(H,30,32). The molecule has 2 heterocycles. The normalized spacial score (nSPS) is 10.9. The second-order valence-electron chi connectivity index (χ2n) is 7.77. The molecule has 32 heavy (non-hydrogen) atoms. The Balaban J connectivity index is 1.36. The molecule has 0 spiro atoms. The highest BCUT2D eigenvalue weighted by atomic mass is 16.2. The van der Waals surface area contributed by atoms with E-state index >= 15 is 0 Å². The Morgan fingerprint density at radius 1 is 0.719 bits per heavy atom. The molecular formula is C24H24N6O2. The Morgan fingerprint density at radius 3 is 1.53 bits per heavy atom. The summed E-state index contributed by atoms with van der Waals surface area (Å²) in [5.74, 6) is -0.527. The largest absolute Gasteiger partial charge is 0.398 e. The number of hydrogen-bond donors (Lipinski definition) is 4. The molecule has 0 atom stereocenters. The van der Waals surface area contributed by atoms with Gasteiger partial charge in [-0.05, 0) is 62.4 Å². The number of carbonyl (C=O) groups is 2. The molecule has 8 heteroatoms. The summed E-state index contributed by atoms with van der Waals surface area (Å²) in [6, 6.07) is 14.3. The van der Waals surface area contributed by atoms with Gasteiger partial charge in [-0.25, -0.2) is 0 Å². The third-order valence-electron chi connectivity index (χ3n) is 5.08. The van der Waals surface area contributed by atoms with Gasteiger partial charge in [0.25, 0.3) is 0 Å². The molecule has 0 aliphatic heterocycles. The van der Waals surface area contributed by atoms with Gasteiger partial charge in [-0.1, -0.05) is 0 Å². The number of rotatable bonds is 5. The van der Waals surface area contributed by atoms with Crippen LogP contribution < -0.4 is 22.1 Å². The lowest BCUT2D eigenvalue weighted by molar-refractivity contribution is -0.121. The molecule has 2 aromatic heterocycles. The summed E-state index contributed by atoms with van der Waals surface area (Å²) in [7, 11) is 0. The van der Waals surface area contributed by atoms with E-state index in [4.69, 9.17) is 11.5 Å². The molecule has 0 aliphatic carbocycles. The predicted molar refractivity (Wildman–Crippen MR) is 128 cm³/mol. The van der Waals surface area contributed by atoms with Crippen molar-refractivity contribution in [2.24, 2.45) is 0 Å². The maximum atomic E-state index is 12.3. The maximum Gasteiger partial charge on any atom is 0.224 e. The molecule has 2 aromatic carbocycles. The fourth-order valence-corrected chi connectivity index (χ4v) is 3.61. The zero-order valence-corrected chi connectivity index (χ0v) is 17.9. The molecule has 0 aliphatic rings. The van der Waals surface area contributed by atoms with Gasteiger partial charge in [0.1, 0.15) is 0 Å². The fraction of sp³-hybridized carbons (Fsp3) is 0.167. The van der Waals surface area contributed by atoms with Crippen LogP contribution in [0.3, 0.4) is 0 Å². The molecule has 4 rings (SSSR count). The number of aromatic nitrogens is 2. The molecule has 6 N–H and O–H groups in total. The topological polar surface area (TPSA) is 136 Å². The Bertz CT molecular complexity index is 1260. The van der Waals surface area contributed by atoms with Gasteiger partial charge in [0, 0.05) is 57.8 Å². The second-order valence-corrected chi connectivity index (χ2v) is 7.77. The smallest absolute Gasteiger partial charge is 0.224 e. The number of nitrogens with two attached hydrogens (primary N) is 2. The summed E-state index contributed by atoms with van der Waals surface area (Å²) in [5.41, 5.74) is 17.7. The van der Waals surface area contributed by atoms with Crippen LogP contribution in [0.2, 0.25) is 0 Å². The molecule has 0 saturated carbocycles. The number of benzene rings is 2. The number of fused-ring (bicyclic) bond motifs is 2. The molecule has 2 amide bonds. The average Bonchev–Trinajstić information content (AvgIpc) is 2.73. The number of nitrogen functional groups attached to an aromatic ring is 2. The van der Waals surface area contributed by atoms with Crippen LogP contribution in [-0.4, -0.2) is 21.8 Å². The lowest BCUT2D eigenvalue weighted by Crippen LogP contribution is -2.17. The van der Waals surface area contributed by atoms with E-state index in [1.54, 1.807) is 36.4 Å². The molecule has 162 valence electrons. The first kappa shape index (κ1) is 21.0. The first-order valence-electron chi connectivity index (χ1n) is 10.2. The Labute approximate surface area is 185 Å². The highest BCUT2D eigenvalue weighted by molar-refractivity contribution is 6.00. The number of amides is 2. The van der Waals surface area contributed by atoms with Gasteiger partial charge in [0.2, 0.25) is 11.8 Å². The van der Waals surface area contributed by atoms with E-state index in [1.807, 2.05) is 26.0 Å². The van der Waals surface area contributed by atoms with Crippen molar-refractivity contribution in [3.8, 4) is 0 Å². The van der Waals surface area contributed by atoms with Gasteiger partial charge in [-0.3, -0.25) is 19.6 Å². The Hall–Kier alpha value is -4.20. The Morgan fingerprint density at radius 2 is 1.12 bits per heavy atom. The first-order chi connectivity index (χ1) is 15.3. The van der Waals surface area contributed by atoms with E-state index in [0.29, 0.717) is 22.7 Å². The third-order valence-corrected chi connectivity index (χ3v) is 5.08. The van der Waals surface area contributed by atoms with Crippen LogP contribution in [-0.2, 0) is 9.59 Å². The number of hydrogen-bond acceptors (Lipinski definition) is 6. The van der Waals surface area contributed by atoms with Crippen molar-refractivity contribution >= 4 is 56.4 Å². The minimum atomic E-state index is -0.263. The van der Waals surface area contributed by atoms with E-state index in [2.05, 4.69) is 20.6 Å². The average molecular weight is 428 g/mol. The molecule has 0 bridgehead atoms. The lowest BCUT2D eigenvalue weighted by Gasteiger charge is -2.10. The predicted octanol–water partition coefficient (Wildman–Crippen LogP) is 3.92. The van der Waals surface area contributed by atoms with Crippen LogP contribution in [0.5, 0.6) is 0 Å². The number of anilines is 4. The number of nitrogens with zero attached hydrogens (tertiary/aromatic N) is 2. The SMILES string of the molecule is Cc1cc(N)c2cc(NC(=O)CCC(=O)Nc3ccc4nc(C)cc(N)c4c3)ccc2n1. The summed E-state index contributed by atoms with van der Waals surface area (Å²) in [6.07, 6.45) is 0.0872. The number of aryl methyl sites for hydroxylation is 2. The van der Waals surface area contributed by atoms with Crippen LogP contribution in [0, 0.1) is 13.8 Å². The summed E-state index contributed by atoms with van der Waals surface area (Å²) < 4.78 is 0. The molecular weight excluding hydrogens is 404 g/mol. The third kappa shape index (κ3) is 4.59. The molecule has 0 unspecified atom stereocenters. The molecule has 0 saturated heterocycles. The van der Waals surface area contributed by atoms with Crippen LogP contribution in [0.25, 0.3) is 21.8 Å². The van der Waals surface area contributed by atoms with Gasteiger partial charge >= 0.3 is 0 Å². The minimum absolute atomic E-state index is 0.0436. The van der Waals surface area contributed by atoms with E-state index in [-0.39, 0.29) is 24.7 Å². The van der Waals surface area contributed by atoms with E-state index in [9.17, 15) is 9.59 Å². The van der Waals surface area contributed by atoms with Crippen molar-refractivity contribution in [1.82, 2.24) is 9.97 Å². The first-order valence-corrected chi connectivity index (χ1v) is 10.2. The van der Waals surface area contributed by atoms with E-state index < -0.39 is 0 Å². The van der Waals surface area contributed by atoms with Crippen molar-refractivity contribution in [2.45, 2.75) is 26.7 Å². The highest BCUT2D eigenvalue weighted by Gasteiger charge is 2.10. The Kier molecular flexibility index (Phi) is 5.59. The van der Waals surface area contributed by atoms with Gasteiger partial charge in [-0.2, -0.15) is 0 Å². The summed E-state index contributed by atoms with van der Waals surface area (Å²) >= 11 is 0. The molecule has 0 radical (unpaired) electrons. The summed E-state index contributed by atoms with van der Waals surface area (Å²) in [5, 5.41) is 7.15. The zero-order chi connectivity index (χ0) is 22.8. The second kappa shape index (κ2) is 8.50. The fourth-order valence-electron chi connectivity index (χ4n) is 3.61. The number of pyridine rings is 2. The lowest BCUT2D eigenvalue weighted by atomic mass is 10.1. The minimum Gasteiger partial charge on any atom is -0.398 e. The van der Waals surface area contributed by atoms with Crippen LogP contribution >= 0.6 is 0 Å². The van der Waals surface area contributed by atoms with Crippen molar-refractivity contribution < 1.29 is 9.59 Å². The molecule has 8 nitrogen and oxygen atoms in total. The van der Waals surface area contributed by atoms with E-state index in [1.165, 1.54) is 0 Å². The van der Waals surface area contributed by atoms with Crippen molar-refractivity contribution in [3.05, 3.63) is 59.9 Å². The van der Waals surface area contributed by atoms with Crippen LogP contribution in [0.4, 0.5) is 22.7 Å². The monoisotopic (exact) mass is 428 g/mol. The number of carbonyl (C=O) groups excluding carboxylic acids is 2. The quantitative estimate of drug-likeness (QED) is 0.380. The van der Waals surface area contributed by atoms with Gasteiger partial charge < -0.3 is 22.1 Å².